The molecule has 0 saturated heterocycles. The Morgan fingerprint density at radius 2 is 1.80 bits per heavy atom. The summed E-state index contributed by atoms with van der Waals surface area (Å²) in [6.07, 6.45) is 1.92. The second-order valence-electron chi connectivity index (χ2n) is 3.41. The van der Waals surface area contributed by atoms with Crippen LogP contribution in [0.4, 0.5) is 0 Å². The molecule has 1 aromatic carbocycles. The monoisotopic (exact) mass is 259 g/mol. The highest BCUT2D eigenvalue weighted by molar-refractivity contribution is 9.10. The van der Waals surface area contributed by atoms with E-state index in [1.165, 1.54) is 5.39 Å². The van der Waals surface area contributed by atoms with Crippen molar-refractivity contribution in [2.24, 2.45) is 0 Å². The lowest BCUT2D eigenvalue weighted by Crippen LogP contribution is -2.02. The fourth-order valence-corrected chi connectivity index (χ4v) is 2.06. The number of pyridine rings is 2. The van der Waals surface area contributed by atoms with Gasteiger partial charge in [0.1, 0.15) is 10.1 Å². The van der Waals surface area contributed by atoms with Crippen LogP contribution < -0.4 is 4.98 Å². The maximum Gasteiger partial charge on any atom is 0.237 e. The summed E-state index contributed by atoms with van der Waals surface area (Å²) in [5.41, 5.74) is 2.08. The highest BCUT2D eigenvalue weighted by atomic mass is 79.9. The molecule has 0 bridgehead atoms. The highest BCUT2D eigenvalue weighted by Gasteiger charge is 2.06. The van der Waals surface area contributed by atoms with Gasteiger partial charge in [-0.05, 0) is 40.2 Å². The number of benzene rings is 1. The molecule has 0 aliphatic heterocycles. The summed E-state index contributed by atoms with van der Waals surface area (Å²) in [5, 5.41) is 2.32. The van der Waals surface area contributed by atoms with Crippen molar-refractivity contribution in [3.63, 3.8) is 0 Å². The summed E-state index contributed by atoms with van der Waals surface area (Å²) in [4.78, 5) is 7.73. The maximum absolute atomic E-state index is 4.49. The number of aromatic nitrogens is 2. The second-order valence-corrected chi connectivity index (χ2v) is 4.22. The average molecular weight is 260 g/mol. The number of nitrogens with one attached hydrogen (secondary N) is 1. The second kappa shape index (κ2) is 3.28. The largest absolute Gasteiger partial charge is 0.237 e. The Bertz CT molecular complexity index is 649. The van der Waals surface area contributed by atoms with Crippen LogP contribution in [-0.4, -0.2) is 4.98 Å². The van der Waals surface area contributed by atoms with Crippen molar-refractivity contribution in [1.29, 1.82) is 0 Å². The van der Waals surface area contributed by atoms with Crippen LogP contribution in [0.25, 0.3) is 21.8 Å². The molecular weight excluding hydrogens is 252 g/mol. The molecule has 72 valence electrons. The van der Waals surface area contributed by atoms with Gasteiger partial charge >= 0.3 is 0 Å². The maximum atomic E-state index is 4.49. The Labute approximate surface area is 95.1 Å². The minimum absolute atomic E-state index is 0.861. The van der Waals surface area contributed by atoms with Crippen LogP contribution in [0.5, 0.6) is 0 Å². The van der Waals surface area contributed by atoms with Crippen LogP contribution in [0.1, 0.15) is 0 Å². The van der Waals surface area contributed by atoms with Crippen LogP contribution in [0.15, 0.2) is 47.2 Å². The van der Waals surface area contributed by atoms with Gasteiger partial charge < -0.3 is 0 Å². The summed E-state index contributed by atoms with van der Waals surface area (Å²) < 4.78 is 0.861. The Morgan fingerprint density at radius 3 is 2.73 bits per heavy atom. The van der Waals surface area contributed by atoms with E-state index >= 15 is 0 Å². The molecule has 2 heterocycles. The molecule has 0 aliphatic carbocycles. The number of hydrogen-bond donors (Lipinski definition) is 0. The molecule has 0 unspecified atom stereocenters. The lowest BCUT2D eigenvalue weighted by atomic mass is 10.1. The number of nitrogens with zero attached hydrogens (tertiary/aromatic N) is 1. The SMILES string of the molecule is Brc1ccc2ccc3ccc[nH+]c3c2n1. The van der Waals surface area contributed by atoms with E-state index in [1.807, 2.05) is 18.3 Å². The summed E-state index contributed by atoms with van der Waals surface area (Å²) >= 11 is 3.39. The van der Waals surface area contributed by atoms with Gasteiger partial charge in [0, 0.05) is 16.8 Å². The van der Waals surface area contributed by atoms with Gasteiger partial charge in [-0.1, -0.05) is 6.07 Å². The zero-order chi connectivity index (χ0) is 10.3. The lowest BCUT2D eigenvalue weighted by molar-refractivity contribution is -0.343. The van der Waals surface area contributed by atoms with Crippen molar-refractivity contribution < 1.29 is 4.98 Å². The molecule has 2 aromatic heterocycles. The van der Waals surface area contributed by atoms with Gasteiger partial charge in [-0.15, -0.1) is 0 Å². The van der Waals surface area contributed by atoms with Gasteiger partial charge in [0.2, 0.25) is 5.52 Å². The first-order valence-corrected chi connectivity index (χ1v) is 5.49. The van der Waals surface area contributed by atoms with Crippen LogP contribution in [0.3, 0.4) is 0 Å². The number of halogens is 1. The molecule has 0 amide bonds. The first-order valence-electron chi connectivity index (χ1n) is 4.70. The highest BCUT2D eigenvalue weighted by Crippen LogP contribution is 2.21. The summed E-state index contributed by atoms with van der Waals surface area (Å²) in [6.45, 7) is 0. The van der Waals surface area contributed by atoms with Crippen LogP contribution >= 0.6 is 15.9 Å². The third-order valence-corrected chi connectivity index (χ3v) is 2.90. The van der Waals surface area contributed by atoms with Crippen LogP contribution in [-0.2, 0) is 0 Å². The Hall–Kier alpha value is -1.48. The molecule has 0 spiro atoms. The number of fused-ring (bicyclic) bond motifs is 3. The van der Waals surface area contributed by atoms with E-state index in [1.54, 1.807) is 0 Å². The third-order valence-electron chi connectivity index (χ3n) is 2.46. The first kappa shape index (κ1) is 8.80. The predicted molar refractivity (Wildman–Crippen MR) is 63.5 cm³/mol. The van der Waals surface area contributed by atoms with Crippen molar-refractivity contribution in [3.8, 4) is 0 Å². The molecule has 0 radical (unpaired) electrons. The third kappa shape index (κ3) is 1.39. The van der Waals surface area contributed by atoms with Gasteiger partial charge in [0.05, 0.1) is 0 Å². The Kier molecular flexibility index (Phi) is 1.92. The van der Waals surface area contributed by atoms with E-state index in [0.717, 1.165) is 21.0 Å². The van der Waals surface area contributed by atoms with E-state index in [-0.39, 0.29) is 0 Å². The molecule has 3 aromatic rings. The Morgan fingerprint density at radius 1 is 1.00 bits per heavy atom. The molecule has 15 heavy (non-hydrogen) atoms. The zero-order valence-corrected chi connectivity index (χ0v) is 9.45. The summed E-state index contributed by atoms with van der Waals surface area (Å²) in [7, 11) is 0. The van der Waals surface area contributed by atoms with E-state index in [2.05, 4.69) is 50.2 Å². The molecule has 0 fully saturated rings. The molecular formula is C12H8BrN2+. The van der Waals surface area contributed by atoms with Crippen molar-refractivity contribution in [2.75, 3.05) is 0 Å². The number of H-pyrrole nitrogens is 1. The van der Waals surface area contributed by atoms with Gasteiger partial charge in [0.25, 0.3) is 0 Å². The molecule has 3 rings (SSSR count). The Balaban J connectivity index is 2.57. The number of aromatic amines is 1. The van der Waals surface area contributed by atoms with Gasteiger partial charge in [0.15, 0.2) is 6.20 Å². The minimum Gasteiger partial charge on any atom is -0.234 e. The topological polar surface area (TPSA) is 27.0 Å². The summed E-state index contributed by atoms with van der Waals surface area (Å²) in [6, 6.07) is 12.3. The molecule has 3 heteroatoms. The van der Waals surface area contributed by atoms with Crippen molar-refractivity contribution in [2.45, 2.75) is 0 Å². The average Bonchev–Trinajstić information content (AvgIpc) is 2.29. The predicted octanol–water partition coefficient (Wildman–Crippen LogP) is 2.96. The normalized spacial score (nSPS) is 11.0. The van der Waals surface area contributed by atoms with E-state index in [0.29, 0.717) is 0 Å². The first-order chi connectivity index (χ1) is 7.34. The van der Waals surface area contributed by atoms with E-state index < -0.39 is 0 Å². The quantitative estimate of drug-likeness (QED) is 0.451. The molecule has 1 N–H and O–H groups in total. The van der Waals surface area contributed by atoms with Gasteiger partial charge in [-0.2, -0.15) is 0 Å². The fourth-order valence-electron chi connectivity index (χ4n) is 1.75. The molecule has 2 nitrogen and oxygen atoms in total. The molecule has 0 saturated carbocycles. The van der Waals surface area contributed by atoms with Gasteiger partial charge in [-0.3, -0.25) is 0 Å². The van der Waals surface area contributed by atoms with Crippen LogP contribution in [0.2, 0.25) is 0 Å². The molecule has 0 atom stereocenters. The standard InChI is InChI=1S/C12H7BrN2/c13-10-6-5-9-4-3-8-2-1-7-14-11(8)12(9)15-10/h1-7H/p+1. The van der Waals surface area contributed by atoms with Crippen molar-refractivity contribution in [3.05, 3.63) is 47.2 Å². The fraction of sp³-hybridized carbons (Fsp3) is 0. The summed E-state index contributed by atoms with van der Waals surface area (Å²) in [5.74, 6) is 0. The minimum atomic E-state index is 0.861. The van der Waals surface area contributed by atoms with Crippen LogP contribution in [0, 0.1) is 0 Å². The van der Waals surface area contributed by atoms with Crippen molar-refractivity contribution >= 4 is 37.7 Å². The van der Waals surface area contributed by atoms with Gasteiger partial charge in [-0.25, -0.2) is 9.97 Å². The molecule has 0 aliphatic rings. The zero-order valence-electron chi connectivity index (χ0n) is 7.87. The smallest absolute Gasteiger partial charge is 0.234 e. The van der Waals surface area contributed by atoms with E-state index in [9.17, 15) is 0 Å². The van der Waals surface area contributed by atoms with E-state index in [4.69, 9.17) is 0 Å². The lowest BCUT2D eigenvalue weighted by Gasteiger charge is -1.98. The number of hydrogen-bond acceptors (Lipinski definition) is 1. The number of rotatable bonds is 0. The van der Waals surface area contributed by atoms with Crippen molar-refractivity contribution in [1.82, 2.24) is 4.98 Å².